The van der Waals surface area contributed by atoms with Gasteiger partial charge in [-0.2, -0.15) is 5.10 Å². The maximum Gasteiger partial charge on any atom is 0.228 e. The van der Waals surface area contributed by atoms with Crippen LogP contribution < -0.4 is 10.6 Å². The number of anilines is 3. The second-order valence-electron chi connectivity index (χ2n) is 7.75. The number of carbonyl (C=O) groups is 1. The minimum absolute atomic E-state index is 0.0228. The van der Waals surface area contributed by atoms with Gasteiger partial charge in [-0.1, -0.05) is 6.07 Å². The molecule has 3 N–H and O–H groups in total. The Morgan fingerprint density at radius 1 is 1.19 bits per heavy atom. The number of hydrogen-bond donors (Lipinski definition) is 3. The lowest BCUT2D eigenvalue weighted by Crippen LogP contribution is -2.14. The molecule has 1 fully saturated rings. The maximum absolute atomic E-state index is 12.2. The summed E-state index contributed by atoms with van der Waals surface area (Å²) in [5, 5.41) is 10.9. The van der Waals surface area contributed by atoms with Crippen LogP contribution in [0.4, 0.5) is 17.2 Å². The van der Waals surface area contributed by atoms with Crippen LogP contribution in [0, 0.1) is 12.8 Å². The molecule has 1 aliphatic rings. The highest BCUT2D eigenvalue weighted by molar-refractivity contribution is 7.98. The van der Waals surface area contributed by atoms with Crippen LogP contribution in [0.3, 0.4) is 0 Å². The summed E-state index contributed by atoms with van der Waals surface area (Å²) >= 11 is 1.66. The average Bonchev–Trinajstić information content (AvgIpc) is 3.41. The number of carbonyl (C=O) groups excluding carboxylic acids is 1. The molecule has 3 aromatic heterocycles. The van der Waals surface area contributed by atoms with E-state index in [2.05, 4.69) is 42.8 Å². The van der Waals surface area contributed by atoms with E-state index in [0.29, 0.717) is 11.5 Å². The van der Waals surface area contributed by atoms with Gasteiger partial charge in [0.15, 0.2) is 5.65 Å². The first-order valence-corrected chi connectivity index (χ1v) is 11.4. The molecule has 0 atom stereocenters. The number of benzene rings is 1. The average molecular weight is 434 g/mol. The molecule has 8 nitrogen and oxygen atoms in total. The molecular formula is C22H23N7OS. The van der Waals surface area contributed by atoms with Crippen molar-refractivity contribution in [3.8, 4) is 11.3 Å². The summed E-state index contributed by atoms with van der Waals surface area (Å²) in [4.78, 5) is 25.6. The van der Waals surface area contributed by atoms with Crippen molar-refractivity contribution in [1.29, 1.82) is 0 Å². The lowest BCUT2D eigenvalue weighted by molar-refractivity contribution is -0.117. The summed E-state index contributed by atoms with van der Waals surface area (Å²) < 4.78 is 1.80. The first kappa shape index (κ1) is 19.6. The molecule has 0 radical (unpaired) electrons. The van der Waals surface area contributed by atoms with Gasteiger partial charge in [-0.15, -0.1) is 11.8 Å². The van der Waals surface area contributed by atoms with Gasteiger partial charge in [0, 0.05) is 35.7 Å². The first-order valence-electron chi connectivity index (χ1n) is 10.1. The topological polar surface area (TPSA) is 101 Å². The van der Waals surface area contributed by atoms with E-state index in [1.807, 2.05) is 44.6 Å². The lowest BCUT2D eigenvalue weighted by Gasteiger charge is -2.14. The Morgan fingerprint density at radius 2 is 2.03 bits per heavy atom. The fourth-order valence-electron chi connectivity index (χ4n) is 3.51. The zero-order chi connectivity index (χ0) is 21.5. The minimum atomic E-state index is 0.0228. The molecule has 1 saturated carbocycles. The van der Waals surface area contributed by atoms with Crippen molar-refractivity contribution < 1.29 is 4.79 Å². The van der Waals surface area contributed by atoms with Gasteiger partial charge in [-0.05, 0) is 44.2 Å². The fourth-order valence-corrected chi connectivity index (χ4v) is 4.09. The van der Waals surface area contributed by atoms with E-state index < -0.39 is 0 Å². The number of aromatic nitrogens is 5. The van der Waals surface area contributed by atoms with Crippen LogP contribution in [0.15, 0.2) is 41.4 Å². The number of hydrogen-bond acceptors (Lipinski definition) is 6. The molecule has 9 heteroatoms. The van der Waals surface area contributed by atoms with E-state index in [4.69, 9.17) is 0 Å². The van der Waals surface area contributed by atoms with Gasteiger partial charge in [0.2, 0.25) is 5.91 Å². The molecule has 4 aromatic rings. The molecule has 0 saturated heterocycles. The molecule has 3 heterocycles. The third-order valence-electron chi connectivity index (χ3n) is 5.26. The van der Waals surface area contributed by atoms with E-state index in [9.17, 15) is 4.79 Å². The third kappa shape index (κ3) is 4.00. The molecule has 0 aliphatic heterocycles. The maximum atomic E-state index is 12.2. The number of H-pyrrole nitrogens is 1. The number of aromatic amines is 1. The minimum Gasteiger partial charge on any atom is -0.353 e. The number of pyridine rings is 1. The van der Waals surface area contributed by atoms with Crippen LogP contribution >= 0.6 is 11.8 Å². The number of fused-ring (bicyclic) bond motifs is 1. The van der Waals surface area contributed by atoms with Gasteiger partial charge < -0.3 is 15.6 Å². The zero-order valence-corrected chi connectivity index (χ0v) is 18.4. The standard InChI is InChI=1S/C22H23N7OS/c1-12-23-20-17(11-19(26-21(20)24-12)27-22(30)13-4-5-13)25-16-7-6-14(10-18(16)31-3)15-8-9-29(2)28-15/h6-11,13H,4-5H2,1-3H3,(H3,23,24,25,26,27,30). The molecule has 0 unspecified atom stereocenters. The number of nitrogens with one attached hydrogen (secondary N) is 3. The Hall–Kier alpha value is -3.33. The largest absolute Gasteiger partial charge is 0.353 e. The molecule has 1 aromatic carbocycles. The normalized spacial score (nSPS) is 13.5. The van der Waals surface area contributed by atoms with Crippen molar-refractivity contribution in [1.82, 2.24) is 24.7 Å². The monoisotopic (exact) mass is 433 g/mol. The van der Waals surface area contributed by atoms with Crippen molar-refractivity contribution in [2.75, 3.05) is 16.9 Å². The van der Waals surface area contributed by atoms with Gasteiger partial charge in [0.1, 0.15) is 17.2 Å². The van der Waals surface area contributed by atoms with E-state index in [-0.39, 0.29) is 11.8 Å². The van der Waals surface area contributed by atoms with Gasteiger partial charge in [0.25, 0.3) is 0 Å². The predicted octanol–water partition coefficient (Wildman–Crippen LogP) is 4.48. The molecule has 1 aliphatic carbocycles. The van der Waals surface area contributed by atoms with Crippen LogP contribution in [-0.2, 0) is 11.8 Å². The third-order valence-corrected chi connectivity index (χ3v) is 6.04. The highest BCUT2D eigenvalue weighted by Gasteiger charge is 2.30. The summed E-state index contributed by atoms with van der Waals surface area (Å²) in [6, 6.07) is 10.1. The Balaban J connectivity index is 1.50. The van der Waals surface area contributed by atoms with Crippen molar-refractivity contribution >= 4 is 46.0 Å². The molecule has 5 rings (SSSR count). The number of rotatable bonds is 6. The van der Waals surface area contributed by atoms with Crippen molar-refractivity contribution in [2.45, 2.75) is 24.7 Å². The highest BCUT2D eigenvalue weighted by atomic mass is 32.2. The van der Waals surface area contributed by atoms with Gasteiger partial charge in [0.05, 0.1) is 17.1 Å². The summed E-state index contributed by atoms with van der Waals surface area (Å²) in [7, 11) is 1.91. The first-order chi connectivity index (χ1) is 15.0. The van der Waals surface area contributed by atoms with Crippen LogP contribution in [0.25, 0.3) is 22.4 Å². The second-order valence-corrected chi connectivity index (χ2v) is 8.60. The number of aryl methyl sites for hydroxylation is 2. The van der Waals surface area contributed by atoms with Gasteiger partial charge in [-0.3, -0.25) is 9.48 Å². The lowest BCUT2D eigenvalue weighted by atomic mass is 10.1. The Kier molecular flexibility index (Phi) is 4.90. The van der Waals surface area contributed by atoms with Crippen LogP contribution in [0.5, 0.6) is 0 Å². The van der Waals surface area contributed by atoms with Crippen LogP contribution in [-0.4, -0.2) is 36.9 Å². The molecule has 0 bridgehead atoms. The fraction of sp³-hybridized carbons (Fsp3) is 0.273. The number of nitrogens with zero attached hydrogens (tertiary/aromatic N) is 4. The number of thioether (sulfide) groups is 1. The Labute approximate surface area is 183 Å². The highest BCUT2D eigenvalue weighted by Crippen LogP contribution is 2.35. The quantitative estimate of drug-likeness (QED) is 0.388. The number of imidazole rings is 1. The number of amides is 1. The Bertz CT molecular complexity index is 1290. The predicted molar refractivity (Wildman–Crippen MR) is 124 cm³/mol. The van der Waals surface area contributed by atoms with Crippen molar-refractivity contribution in [3.05, 3.63) is 42.4 Å². The molecular weight excluding hydrogens is 410 g/mol. The molecule has 158 valence electrons. The smallest absolute Gasteiger partial charge is 0.228 e. The zero-order valence-electron chi connectivity index (χ0n) is 17.6. The van der Waals surface area contributed by atoms with Crippen LogP contribution in [0.1, 0.15) is 18.7 Å². The second kappa shape index (κ2) is 7.73. The van der Waals surface area contributed by atoms with E-state index in [1.54, 1.807) is 16.4 Å². The van der Waals surface area contributed by atoms with E-state index >= 15 is 0 Å². The SMILES string of the molecule is CSc1cc(-c2ccn(C)n2)ccc1Nc1cc(NC(=O)C2CC2)nc2nc(C)[nH]c12. The summed E-state index contributed by atoms with van der Waals surface area (Å²) in [5.41, 5.74) is 5.16. The van der Waals surface area contributed by atoms with Crippen LogP contribution in [0.2, 0.25) is 0 Å². The van der Waals surface area contributed by atoms with Gasteiger partial charge >= 0.3 is 0 Å². The summed E-state index contributed by atoms with van der Waals surface area (Å²) in [6.07, 6.45) is 5.87. The van der Waals surface area contributed by atoms with Crippen molar-refractivity contribution in [2.24, 2.45) is 13.0 Å². The Morgan fingerprint density at radius 3 is 2.74 bits per heavy atom. The van der Waals surface area contributed by atoms with Crippen molar-refractivity contribution in [3.63, 3.8) is 0 Å². The summed E-state index contributed by atoms with van der Waals surface area (Å²) in [5.74, 6) is 1.41. The molecule has 31 heavy (non-hydrogen) atoms. The van der Waals surface area contributed by atoms with E-state index in [1.165, 1.54) is 0 Å². The molecule has 1 amide bonds. The summed E-state index contributed by atoms with van der Waals surface area (Å²) in [6.45, 7) is 1.89. The van der Waals surface area contributed by atoms with Gasteiger partial charge in [-0.25, -0.2) is 9.97 Å². The molecule has 0 spiro atoms. The van der Waals surface area contributed by atoms with E-state index in [0.717, 1.165) is 51.7 Å².